The fourth-order valence-electron chi connectivity index (χ4n) is 5.54. The highest BCUT2D eigenvalue weighted by Crippen LogP contribution is 2.30. The Balaban J connectivity index is 1.52. The third-order valence-corrected chi connectivity index (χ3v) is 7.97. The first kappa shape index (κ1) is 30.0. The van der Waals surface area contributed by atoms with E-state index in [2.05, 4.69) is 25.6 Å². The summed E-state index contributed by atoms with van der Waals surface area (Å²) in [6.45, 7) is 12.7. The van der Waals surface area contributed by atoms with Gasteiger partial charge in [0.05, 0.1) is 18.3 Å². The van der Waals surface area contributed by atoms with Gasteiger partial charge >= 0.3 is 6.09 Å². The van der Waals surface area contributed by atoms with E-state index < -0.39 is 11.7 Å². The molecule has 2 amide bonds. The van der Waals surface area contributed by atoms with Crippen molar-refractivity contribution in [3.63, 3.8) is 0 Å². The monoisotopic (exact) mass is 590 g/mol. The van der Waals surface area contributed by atoms with E-state index in [4.69, 9.17) is 16.0 Å². The van der Waals surface area contributed by atoms with Crippen molar-refractivity contribution in [1.29, 1.82) is 0 Å². The maximum atomic E-state index is 13.6. The Labute approximate surface area is 250 Å². The molecule has 0 saturated heterocycles. The smallest absolute Gasteiger partial charge is 0.415 e. The van der Waals surface area contributed by atoms with Crippen LogP contribution < -0.4 is 21.1 Å². The number of carbonyl (C=O) groups is 2. The molecule has 2 aliphatic rings. The van der Waals surface area contributed by atoms with Crippen LogP contribution in [0.15, 0.2) is 35.4 Å². The molecule has 3 aromatic heterocycles. The Kier molecular flexibility index (Phi) is 8.41. The number of nitrogens with one attached hydrogen (secondary N) is 2. The van der Waals surface area contributed by atoms with Crippen molar-refractivity contribution in [2.45, 2.75) is 89.1 Å². The van der Waals surface area contributed by atoms with E-state index in [1.54, 1.807) is 56.8 Å². The molecule has 2 fully saturated rings. The van der Waals surface area contributed by atoms with Crippen LogP contribution in [0, 0.1) is 6.57 Å². The maximum Gasteiger partial charge on any atom is 0.415 e. The molecule has 13 heteroatoms. The fourth-order valence-corrected chi connectivity index (χ4v) is 5.54. The van der Waals surface area contributed by atoms with Gasteiger partial charge in [0.1, 0.15) is 28.5 Å². The minimum atomic E-state index is -0.741. The van der Waals surface area contributed by atoms with Gasteiger partial charge in [-0.05, 0) is 58.6 Å². The second-order valence-electron chi connectivity index (χ2n) is 12.1. The predicted molar refractivity (Wildman–Crippen MR) is 161 cm³/mol. The molecule has 3 heterocycles. The van der Waals surface area contributed by atoms with E-state index >= 15 is 0 Å². The molecule has 0 radical (unpaired) electrons. The van der Waals surface area contributed by atoms with Crippen molar-refractivity contribution >= 4 is 35.0 Å². The normalized spacial score (nSPS) is 21.9. The summed E-state index contributed by atoms with van der Waals surface area (Å²) >= 11 is 0. The molecule has 2 saturated carbocycles. The average Bonchev–Trinajstić information content (AvgIpc) is 3.39. The van der Waals surface area contributed by atoms with Gasteiger partial charge in [0, 0.05) is 45.3 Å². The second-order valence-corrected chi connectivity index (χ2v) is 12.1. The highest BCUT2D eigenvalue weighted by atomic mass is 16.6. The van der Waals surface area contributed by atoms with Crippen LogP contribution >= 0.6 is 0 Å². The largest absolute Gasteiger partial charge is 0.443 e. The number of aromatic nitrogens is 4. The number of amides is 2. The average molecular weight is 591 g/mol. The SMILES string of the molecule is [C-]#[N+][C@@H]1CCC[C@H](n2cccc(Nc3cc(N(C)C(=O)OC(C)(C)C)n4ncc(C(=O)NC5CC[C@@H]5OC)c4n3)c2=O)C1. The number of carbonyl (C=O) groups excluding carboxylic acids is 2. The molecule has 0 aliphatic heterocycles. The summed E-state index contributed by atoms with van der Waals surface area (Å²) in [5, 5.41) is 10.5. The third-order valence-electron chi connectivity index (χ3n) is 7.97. The first-order chi connectivity index (χ1) is 20.5. The van der Waals surface area contributed by atoms with Gasteiger partial charge < -0.3 is 29.5 Å². The van der Waals surface area contributed by atoms with Crippen molar-refractivity contribution in [2.75, 3.05) is 24.4 Å². The van der Waals surface area contributed by atoms with E-state index in [0.29, 0.717) is 6.42 Å². The molecule has 0 bridgehead atoms. The van der Waals surface area contributed by atoms with Crippen molar-refractivity contribution < 1.29 is 19.1 Å². The number of anilines is 3. The standard InChI is InChI=1S/C30H38N8O5/c1-30(2,3)43-29(41)36(5)25-16-24(33-22-11-8-14-37(28(22)40)19-10-7-9-18(15-19)31-4)35-26-20(17-32-38(25)26)27(39)34-21-12-13-23(21)42-6/h8,11,14,16-19,21,23H,7,9-10,12-13,15H2,1-3,5-6H3,(H,33,35)(H,34,39)/t18-,19+,21?,23+/m1/s1. The summed E-state index contributed by atoms with van der Waals surface area (Å²) in [5.41, 5.74) is -0.303. The quantitative estimate of drug-likeness (QED) is 0.389. The van der Waals surface area contributed by atoms with Crippen molar-refractivity contribution in [3.8, 4) is 0 Å². The highest BCUT2D eigenvalue weighted by molar-refractivity contribution is 6.00. The van der Waals surface area contributed by atoms with Crippen molar-refractivity contribution in [1.82, 2.24) is 24.5 Å². The lowest BCUT2D eigenvalue weighted by Crippen LogP contribution is -2.51. The highest BCUT2D eigenvalue weighted by Gasteiger charge is 2.33. The molecular formula is C30H38N8O5. The van der Waals surface area contributed by atoms with Crippen LogP contribution in [0.5, 0.6) is 0 Å². The summed E-state index contributed by atoms with van der Waals surface area (Å²) < 4.78 is 14.1. The zero-order valence-corrected chi connectivity index (χ0v) is 25.2. The van der Waals surface area contributed by atoms with Gasteiger partial charge in [-0.15, -0.1) is 0 Å². The molecule has 43 heavy (non-hydrogen) atoms. The number of hydrogen-bond donors (Lipinski definition) is 2. The zero-order valence-electron chi connectivity index (χ0n) is 25.2. The minimum absolute atomic E-state index is 0.0562. The molecule has 1 unspecified atom stereocenters. The van der Waals surface area contributed by atoms with Gasteiger partial charge in [-0.25, -0.2) is 16.4 Å². The zero-order chi connectivity index (χ0) is 30.9. The Morgan fingerprint density at radius 1 is 1.21 bits per heavy atom. The number of fused-ring (bicyclic) bond motifs is 1. The summed E-state index contributed by atoms with van der Waals surface area (Å²) in [7, 11) is 3.16. The predicted octanol–water partition coefficient (Wildman–Crippen LogP) is 4.32. The van der Waals surface area contributed by atoms with E-state index in [-0.39, 0.29) is 64.2 Å². The van der Waals surface area contributed by atoms with Gasteiger partial charge in [-0.3, -0.25) is 14.5 Å². The summed E-state index contributed by atoms with van der Waals surface area (Å²) in [6, 6.07) is 4.72. The van der Waals surface area contributed by atoms with E-state index in [9.17, 15) is 14.4 Å². The molecule has 3 aromatic rings. The van der Waals surface area contributed by atoms with E-state index in [0.717, 1.165) is 32.1 Å². The first-order valence-electron chi connectivity index (χ1n) is 14.5. The second kappa shape index (κ2) is 12.0. The first-order valence-corrected chi connectivity index (χ1v) is 14.5. The molecule has 4 atom stereocenters. The number of nitrogens with zero attached hydrogens (tertiary/aromatic N) is 6. The lowest BCUT2D eigenvalue weighted by Gasteiger charge is -2.35. The van der Waals surface area contributed by atoms with E-state index in [1.807, 2.05) is 0 Å². The van der Waals surface area contributed by atoms with Gasteiger partial charge in [-0.2, -0.15) is 9.61 Å². The summed E-state index contributed by atoms with van der Waals surface area (Å²) in [5.74, 6) is 0.150. The van der Waals surface area contributed by atoms with Crippen LogP contribution in [-0.4, -0.2) is 69.1 Å². The van der Waals surface area contributed by atoms with Gasteiger partial charge in [0.25, 0.3) is 11.5 Å². The molecule has 0 aromatic carbocycles. The number of methoxy groups -OCH3 is 1. The molecule has 13 nitrogen and oxygen atoms in total. The van der Waals surface area contributed by atoms with Crippen LogP contribution in [0.4, 0.5) is 22.1 Å². The summed E-state index contributed by atoms with van der Waals surface area (Å²) in [6.07, 6.45) is 7.31. The Morgan fingerprint density at radius 2 is 2.00 bits per heavy atom. The Morgan fingerprint density at radius 3 is 2.67 bits per heavy atom. The van der Waals surface area contributed by atoms with Gasteiger partial charge in [-0.1, -0.05) is 0 Å². The van der Waals surface area contributed by atoms with Gasteiger partial charge in [0.2, 0.25) is 6.04 Å². The Bertz CT molecular complexity index is 1620. The van der Waals surface area contributed by atoms with Crippen LogP contribution in [0.3, 0.4) is 0 Å². The van der Waals surface area contributed by atoms with Crippen LogP contribution in [-0.2, 0) is 9.47 Å². The van der Waals surface area contributed by atoms with Crippen LogP contribution in [0.1, 0.15) is 75.7 Å². The lowest BCUT2D eigenvalue weighted by atomic mass is 9.89. The Hall–Kier alpha value is -4.44. The third kappa shape index (κ3) is 6.34. The number of ether oxygens (including phenoxy) is 2. The van der Waals surface area contributed by atoms with E-state index in [1.165, 1.54) is 22.7 Å². The summed E-state index contributed by atoms with van der Waals surface area (Å²) in [4.78, 5) is 49.6. The van der Waals surface area contributed by atoms with Crippen LogP contribution in [0.25, 0.3) is 10.5 Å². The number of hydrogen-bond acceptors (Lipinski definition) is 8. The molecule has 2 aliphatic carbocycles. The van der Waals surface area contributed by atoms with Crippen molar-refractivity contribution in [3.05, 3.63) is 57.9 Å². The molecule has 5 rings (SSSR count). The van der Waals surface area contributed by atoms with Crippen LogP contribution in [0.2, 0.25) is 0 Å². The lowest BCUT2D eigenvalue weighted by molar-refractivity contribution is 0.00732. The van der Waals surface area contributed by atoms with Crippen molar-refractivity contribution in [2.24, 2.45) is 0 Å². The van der Waals surface area contributed by atoms with Gasteiger partial charge in [0.15, 0.2) is 5.65 Å². The topological polar surface area (TPSA) is 136 Å². The molecule has 0 spiro atoms. The minimum Gasteiger partial charge on any atom is -0.443 e. The molecular weight excluding hydrogens is 552 g/mol. The molecule has 2 N–H and O–H groups in total. The number of pyridine rings is 1. The molecule has 228 valence electrons. The maximum absolute atomic E-state index is 13.6. The fraction of sp³-hybridized carbons (Fsp3) is 0.533. The number of rotatable bonds is 7.